The van der Waals surface area contributed by atoms with Crippen LogP contribution in [0.25, 0.3) is 43.8 Å². The standard InChI is InChI=1S/C35H37P/c1-24-14-8-11-17-27(24)30-22-20-25-15-9-12-18-28(25)32(30)33-29-19-13-10-16-26(29)21-23-31(33)36(34(2,3)4)35(5,6)7/h8-23H,1-7H3. The van der Waals surface area contributed by atoms with E-state index in [1.165, 1.54) is 54.7 Å². The molecule has 0 saturated heterocycles. The van der Waals surface area contributed by atoms with Gasteiger partial charge in [0.1, 0.15) is 0 Å². The SMILES string of the molecule is Cc1ccccc1-c1ccc2ccccc2c1-c1c(P(C(C)(C)C)C(C)(C)C)ccc2ccccc12. The van der Waals surface area contributed by atoms with Crippen LogP contribution in [0.3, 0.4) is 0 Å². The van der Waals surface area contributed by atoms with E-state index in [0.29, 0.717) is 0 Å². The van der Waals surface area contributed by atoms with Crippen LogP contribution in [0.5, 0.6) is 0 Å². The molecule has 5 rings (SSSR count). The first kappa shape index (κ1) is 24.7. The van der Waals surface area contributed by atoms with E-state index in [-0.39, 0.29) is 10.3 Å². The molecular formula is C35H37P. The molecule has 5 aromatic carbocycles. The predicted molar refractivity (Wildman–Crippen MR) is 163 cm³/mol. The highest BCUT2D eigenvalue weighted by Gasteiger charge is 2.38. The Balaban J connectivity index is 2.01. The first-order chi connectivity index (χ1) is 17.1. The van der Waals surface area contributed by atoms with E-state index in [0.717, 1.165) is 0 Å². The van der Waals surface area contributed by atoms with Crippen molar-refractivity contribution in [1.29, 1.82) is 0 Å². The minimum absolute atomic E-state index is 0.165. The average molecular weight is 489 g/mol. The summed E-state index contributed by atoms with van der Waals surface area (Å²) < 4.78 is 0. The maximum absolute atomic E-state index is 2.45. The van der Waals surface area contributed by atoms with Gasteiger partial charge in [-0.15, -0.1) is 0 Å². The summed E-state index contributed by atoms with van der Waals surface area (Å²) >= 11 is 0. The molecule has 5 aromatic rings. The molecule has 0 nitrogen and oxygen atoms in total. The number of fused-ring (bicyclic) bond motifs is 2. The lowest BCUT2D eigenvalue weighted by atomic mass is 9.86. The summed E-state index contributed by atoms with van der Waals surface area (Å²) in [5, 5.41) is 7.11. The molecule has 0 radical (unpaired) electrons. The Kier molecular flexibility index (Phi) is 6.30. The molecule has 0 aromatic heterocycles. The fourth-order valence-electron chi connectivity index (χ4n) is 6.08. The highest BCUT2D eigenvalue weighted by molar-refractivity contribution is 7.68. The second-order valence-electron chi connectivity index (χ2n) is 11.9. The van der Waals surface area contributed by atoms with Crippen molar-refractivity contribution in [1.82, 2.24) is 0 Å². The lowest BCUT2D eigenvalue weighted by Gasteiger charge is -2.43. The number of aryl methyl sites for hydroxylation is 1. The first-order valence-electron chi connectivity index (χ1n) is 13.0. The molecule has 0 heterocycles. The van der Waals surface area contributed by atoms with Crippen LogP contribution in [-0.4, -0.2) is 10.3 Å². The lowest BCUT2D eigenvalue weighted by Crippen LogP contribution is -2.32. The molecular weight excluding hydrogens is 451 g/mol. The minimum atomic E-state index is -0.500. The van der Waals surface area contributed by atoms with Crippen LogP contribution in [0.4, 0.5) is 0 Å². The first-order valence-corrected chi connectivity index (χ1v) is 14.3. The Morgan fingerprint density at radius 2 is 0.972 bits per heavy atom. The smallest absolute Gasteiger partial charge is 0.00140 e. The quantitative estimate of drug-likeness (QED) is 0.222. The van der Waals surface area contributed by atoms with Crippen LogP contribution in [0, 0.1) is 6.92 Å². The van der Waals surface area contributed by atoms with E-state index in [1.54, 1.807) is 0 Å². The lowest BCUT2D eigenvalue weighted by molar-refractivity contribution is 0.715. The van der Waals surface area contributed by atoms with Crippen molar-refractivity contribution in [2.45, 2.75) is 58.8 Å². The number of benzene rings is 5. The van der Waals surface area contributed by atoms with Gasteiger partial charge in [0.15, 0.2) is 0 Å². The Morgan fingerprint density at radius 3 is 1.56 bits per heavy atom. The summed E-state index contributed by atoms with van der Waals surface area (Å²) in [7, 11) is -0.500. The van der Waals surface area contributed by atoms with E-state index in [9.17, 15) is 0 Å². The molecule has 36 heavy (non-hydrogen) atoms. The van der Waals surface area contributed by atoms with Gasteiger partial charge in [-0.2, -0.15) is 0 Å². The average Bonchev–Trinajstić information content (AvgIpc) is 2.82. The minimum Gasteiger partial charge on any atom is -0.0636 e. The number of rotatable bonds is 3. The second-order valence-corrected chi connectivity index (χ2v) is 15.7. The molecule has 0 unspecified atom stereocenters. The van der Waals surface area contributed by atoms with Crippen LogP contribution < -0.4 is 5.30 Å². The third-order valence-electron chi connectivity index (χ3n) is 7.10. The Morgan fingerprint density at radius 1 is 0.472 bits per heavy atom. The molecule has 0 aliphatic heterocycles. The third-order valence-corrected chi connectivity index (χ3v) is 10.6. The van der Waals surface area contributed by atoms with Gasteiger partial charge in [0, 0.05) is 0 Å². The fourth-order valence-corrected chi connectivity index (χ4v) is 10.2. The Hall–Kier alpha value is -2.95. The molecule has 0 fully saturated rings. The molecule has 1 heteroatoms. The van der Waals surface area contributed by atoms with Crippen molar-refractivity contribution >= 4 is 34.8 Å². The molecule has 0 bridgehead atoms. The molecule has 0 aliphatic carbocycles. The number of hydrogen-bond donors (Lipinski definition) is 0. The summed E-state index contributed by atoms with van der Waals surface area (Å²) in [6.45, 7) is 16.8. The monoisotopic (exact) mass is 488 g/mol. The van der Waals surface area contributed by atoms with Gasteiger partial charge in [0.25, 0.3) is 0 Å². The summed E-state index contributed by atoms with van der Waals surface area (Å²) in [5.41, 5.74) is 6.73. The molecule has 182 valence electrons. The van der Waals surface area contributed by atoms with Gasteiger partial charge in [-0.1, -0.05) is 147 Å². The summed E-state index contributed by atoms with van der Waals surface area (Å²) in [6, 6.07) is 36.1. The molecule has 0 atom stereocenters. The van der Waals surface area contributed by atoms with Crippen LogP contribution in [0.1, 0.15) is 47.1 Å². The van der Waals surface area contributed by atoms with E-state index in [1.807, 2.05) is 0 Å². The second kappa shape index (κ2) is 9.17. The largest absolute Gasteiger partial charge is 0.0636 e. The van der Waals surface area contributed by atoms with Crippen molar-refractivity contribution in [3.05, 3.63) is 103 Å². The van der Waals surface area contributed by atoms with Crippen LogP contribution in [-0.2, 0) is 0 Å². The summed E-state index contributed by atoms with van der Waals surface area (Å²) in [5.74, 6) is 0. The maximum Gasteiger partial charge on any atom is -0.00140 e. The van der Waals surface area contributed by atoms with Crippen molar-refractivity contribution in [3.63, 3.8) is 0 Å². The fraction of sp³-hybridized carbons (Fsp3) is 0.257. The van der Waals surface area contributed by atoms with Crippen LogP contribution >= 0.6 is 7.92 Å². The molecule has 0 saturated carbocycles. The zero-order chi connectivity index (χ0) is 25.7. The van der Waals surface area contributed by atoms with Gasteiger partial charge in [-0.05, 0) is 71.9 Å². The Labute approximate surface area is 218 Å². The van der Waals surface area contributed by atoms with E-state index < -0.39 is 7.92 Å². The van der Waals surface area contributed by atoms with Crippen molar-refractivity contribution < 1.29 is 0 Å². The van der Waals surface area contributed by atoms with Gasteiger partial charge < -0.3 is 0 Å². The summed E-state index contributed by atoms with van der Waals surface area (Å²) in [6.07, 6.45) is 0. The van der Waals surface area contributed by atoms with E-state index in [4.69, 9.17) is 0 Å². The van der Waals surface area contributed by atoms with Crippen molar-refractivity contribution in [2.75, 3.05) is 0 Å². The molecule has 0 amide bonds. The van der Waals surface area contributed by atoms with Gasteiger partial charge in [-0.3, -0.25) is 0 Å². The van der Waals surface area contributed by atoms with Gasteiger partial charge in [0.05, 0.1) is 0 Å². The van der Waals surface area contributed by atoms with Gasteiger partial charge >= 0.3 is 0 Å². The highest BCUT2D eigenvalue weighted by atomic mass is 31.1. The van der Waals surface area contributed by atoms with E-state index in [2.05, 4.69) is 146 Å². The molecule has 0 aliphatic rings. The van der Waals surface area contributed by atoms with Crippen LogP contribution in [0.2, 0.25) is 0 Å². The third kappa shape index (κ3) is 4.38. The van der Waals surface area contributed by atoms with Crippen molar-refractivity contribution in [3.8, 4) is 22.3 Å². The highest BCUT2D eigenvalue weighted by Crippen LogP contribution is 2.60. The maximum atomic E-state index is 2.45. The number of hydrogen-bond acceptors (Lipinski definition) is 0. The van der Waals surface area contributed by atoms with Crippen molar-refractivity contribution in [2.24, 2.45) is 0 Å². The summed E-state index contributed by atoms with van der Waals surface area (Å²) in [4.78, 5) is 0. The predicted octanol–water partition coefficient (Wildman–Crippen LogP) is 10.3. The molecule has 0 N–H and O–H groups in total. The van der Waals surface area contributed by atoms with E-state index >= 15 is 0 Å². The normalized spacial score (nSPS) is 12.6. The Bertz CT molecular complexity index is 1550. The zero-order valence-electron chi connectivity index (χ0n) is 22.7. The van der Waals surface area contributed by atoms with Crippen LogP contribution in [0.15, 0.2) is 97.1 Å². The van der Waals surface area contributed by atoms with Gasteiger partial charge in [0.2, 0.25) is 0 Å². The molecule has 0 spiro atoms. The topological polar surface area (TPSA) is 0 Å². The zero-order valence-corrected chi connectivity index (χ0v) is 23.6. The van der Waals surface area contributed by atoms with Gasteiger partial charge in [-0.25, -0.2) is 0 Å².